The van der Waals surface area contributed by atoms with Crippen LogP contribution in [0.15, 0.2) is 15.2 Å². The summed E-state index contributed by atoms with van der Waals surface area (Å²) in [7, 11) is 0. The molecule has 5 nitrogen and oxygen atoms in total. The molecule has 1 heterocycles. The summed E-state index contributed by atoms with van der Waals surface area (Å²) in [5.41, 5.74) is 4.79. The van der Waals surface area contributed by atoms with Crippen molar-refractivity contribution in [1.82, 2.24) is 0 Å². The van der Waals surface area contributed by atoms with E-state index < -0.39 is 12.1 Å². The predicted octanol–water partition coefficient (Wildman–Crippen LogP) is -0.708. The van der Waals surface area contributed by atoms with E-state index in [0.29, 0.717) is 0 Å². The fraction of sp³-hybridized carbons (Fsp3) is 0.333. The Morgan fingerprint density at radius 1 is 1.75 bits per heavy atom. The Kier molecular flexibility index (Phi) is 1.03. The number of nitrogens with two attached hydrogens (primary N) is 1. The molecule has 1 atom stereocenters. The summed E-state index contributed by atoms with van der Waals surface area (Å²) in [5.74, 6) is -0.567. The molecule has 0 saturated heterocycles. The molecule has 1 aliphatic rings. The molecule has 5 heteroatoms. The van der Waals surface area contributed by atoms with Crippen molar-refractivity contribution in [3.8, 4) is 0 Å². The minimum absolute atomic E-state index is 0.567. The summed E-state index contributed by atoms with van der Waals surface area (Å²) in [6, 6.07) is 0. The van der Waals surface area contributed by atoms with E-state index >= 15 is 0 Å². The molecular formula is C3H4N4O. The summed E-state index contributed by atoms with van der Waals surface area (Å²) in [4.78, 5) is 13.7. The Labute approximate surface area is 45.3 Å². The van der Waals surface area contributed by atoms with Crippen LogP contribution in [0.4, 0.5) is 0 Å². The van der Waals surface area contributed by atoms with Crippen LogP contribution in [0.3, 0.4) is 0 Å². The summed E-state index contributed by atoms with van der Waals surface area (Å²) in [6.07, 6.45) is 0.435. The maximum atomic E-state index is 10.2. The third-order valence-corrected chi connectivity index (χ3v) is 0.690. The number of aliphatic imine (C=N–C) groups is 1. The lowest BCUT2D eigenvalue weighted by molar-refractivity contribution is -0.118. The standard InChI is InChI=1S/C3H4N4O/c4-2(8)3-5-1-6-7-3/h1,3H,(H2,4,8). The molecule has 0 aliphatic carbocycles. The van der Waals surface area contributed by atoms with Crippen molar-refractivity contribution in [2.75, 3.05) is 0 Å². The first-order valence-electron chi connectivity index (χ1n) is 2.01. The van der Waals surface area contributed by atoms with E-state index in [1.54, 1.807) is 0 Å². The van der Waals surface area contributed by atoms with Crippen LogP contribution in [0.25, 0.3) is 0 Å². The van der Waals surface area contributed by atoms with Gasteiger partial charge in [0.15, 0.2) is 0 Å². The van der Waals surface area contributed by atoms with Crippen LogP contribution >= 0.6 is 0 Å². The zero-order chi connectivity index (χ0) is 5.98. The number of nitrogens with zero attached hydrogens (tertiary/aromatic N) is 3. The molecule has 0 aromatic heterocycles. The number of hydrogen-bond donors (Lipinski definition) is 1. The quantitative estimate of drug-likeness (QED) is 0.477. The van der Waals surface area contributed by atoms with Gasteiger partial charge in [0.25, 0.3) is 5.91 Å². The van der Waals surface area contributed by atoms with Gasteiger partial charge in [-0.2, -0.15) is 0 Å². The highest BCUT2D eigenvalue weighted by atomic mass is 16.1. The van der Waals surface area contributed by atoms with Crippen LogP contribution in [-0.4, -0.2) is 18.4 Å². The van der Waals surface area contributed by atoms with Crippen LogP contribution in [-0.2, 0) is 4.79 Å². The highest BCUT2D eigenvalue weighted by Crippen LogP contribution is 1.97. The second kappa shape index (κ2) is 1.69. The normalized spacial score (nSPS) is 24.2. The van der Waals surface area contributed by atoms with E-state index in [1.165, 1.54) is 6.34 Å². The van der Waals surface area contributed by atoms with Gasteiger partial charge in [-0.3, -0.25) is 4.79 Å². The van der Waals surface area contributed by atoms with E-state index in [0.717, 1.165) is 0 Å². The van der Waals surface area contributed by atoms with Crippen LogP contribution in [0, 0.1) is 0 Å². The van der Waals surface area contributed by atoms with Gasteiger partial charge in [0.2, 0.25) is 6.17 Å². The number of carbonyl (C=O) groups excluding carboxylic acids is 1. The highest BCUT2D eigenvalue weighted by molar-refractivity contribution is 5.82. The van der Waals surface area contributed by atoms with Gasteiger partial charge in [0.05, 0.1) is 0 Å². The van der Waals surface area contributed by atoms with Gasteiger partial charge in [-0.25, -0.2) is 4.99 Å². The average Bonchev–Trinajstić information content (AvgIpc) is 2.12. The first kappa shape index (κ1) is 4.89. The molecule has 1 amide bonds. The number of azo groups is 1. The molecule has 1 unspecified atom stereocenters. The molecule has 42 valence electrons. The Morgan fingerprint density at radius 3 is 2.75 bits per heavy atom. The number of primary amides is 1. The van der Waals surface area contributed by atoms with Gasteiger partial charge < -0.3 is 5.73 Å². The third-order valence-electron chi connectivity index (χ3n) is 0.690. The molecule has 1 aliphatic heterocycles. The zero-order valence-electron chi connectivity index (χ0n) is 3.98. The first-order valence-corrected chi connectivity index (χ1v) is 2.01. The lowest BCUT2D eigenvalue weighted by Crippen LogP contribution is -2.23. The molecular weight excluding hydrogens is 108 g/mol. The Hall–Kier alpha value is -1.26. The van der Waals surface area contributed by atoms with Crippen molar-refractivity contribution in [2.45, 2.75) is 6.17 Å². The van der Waals surface area contributed by atoms with E-state index in [9.17, 15) is 4.79 Å². The van der Waals surface area contributed by atoms with Crippen LogP contribution < -0.4 is 5.73 Å². The number of carbonyl (C=O) groups is 1. The SMILES string of the molecule is NC(=O)C1N=CN=N1. The van der Waals surface area contributed by atoms with Gasteiger partial charge >= 0.3 is 0 Å². The van der Waals surface area contributed by atoms with Crippen molar-refractivity contribution >= 4 is 12.2 Å². The average molecular weight is 112 g/mol. The fourth-order valence-electron chi connectivity index (χ4n) is 0.346. The highest BCUT2D eigenvalue weighted by Gasteiger charge is 2.12. The van der Waals surface area contributed by atoms with Crippen LogP contribution in [0.5, 0.6) is 0 Å². The van der Waals surface area contributed by atoms with Gasteiger partial charge in [0, 0.05) is 0 Å². The number of amides is 1. The largest absolute Gasteiger partial charge is 0.366 e. The van der Waals surface area contributed by atoms with Crippen LogP contribution in [0.2, 0.25) is 0 Å². The maximum Gasteiger partial charge on any atom is 0.266 e. The monoisotopic (exact) mass is 112 g/mol. The third kappa shape index (κ3) is 0.699. The molecule has 2 N–H and O–H groups in total. The maximum absolute atomic E-state index is 10.2. The Morgan fingerprint density at radius 2 is 2.50 bits per heavy atom. The molecule has 0 saturated carbocycles. The second-order valence-corrected chi connectivity index (χ2v) is 1.27. The van der Waals surface area contributed by atoms with Crippen molar-refractivity contribution in [2.24, 2.45) is 21.0 Å². The second-order valence-electron chi connectivity index (χ2n) is 1.27. The van der Waals surface area contributed by atoms with Gasteiger partial charge in [0.1, 0.15) is 6.34 Å². The van der Waals surface area contributed by atoms with Crippen molar-refractivity contribution < 1.29 is 4.79 Å². The topological polar surface area (TPSA) is 80.2 Å². The van der Waals surface area contributed by atoms with E-state index in [2.05, 4.69) is 15.2 Å². The molecule has 8 heavy (non-hydrogen) atoms. The van der Waals surface area contributed by atoms with E-state index in [-0.39, 0.29) is 0 Å². The number of hydrogen-bond acceptors (Lipinski definition) is 4. The molecule has 0 radical (unpaired) electrons. The van der Waals surface area contributed by atoms with Crippen molar-refractivity contribution in [3.63, 3.8) is 0 Å². The van der Waals surface area contributed by atoms with Gasteiger partial charge in [-0.05, 0) is 0 Å². The fourth-order valence-corrected chi connectivity index (χ4v) is 0.346. The van der Waals surface area contributed by atoms with E-state index in [1.807, 2.05) is 0 Å². The lowest BCUT2D eigenvalue weighted by Gasteiger charge is -1.90. The molecule has 0 aromatic rings. The summed E-state index contributed by atoms with van der Waals surface area (Å²) in [5, 5.41) is 6.68. The minimum atomic E-state index is -0.769. The molecule has 0 aromatic carbocycles. The van der Waals surface area contributed by atoms with Crippen molar-refractivity contribution in [3.05, 3.63) is 0 Å². The van der Waals surface area contributed by atoms with Gasteiger partial charge in [-0.15, -0.1) is 10.2 Å². The van der Waals surface area contributed by atoms with E-state index in [4.69, 9.17) is 5.73 Å². The van der Waals surface area contributed by atoms with Gasteiger partial charge in [-0.1, -0.05) is 0 Å². The lowest BCUT2D eigenvalue weighted by atomic mass is 10.5. The van der Waals surface area contributed by atoms with Crippen molar-refractivity contribution in [1.29, 1.82) is 0 Å². The number of rotatable bonds is 1. The zero-order valence-corrected chi connectivity index (χ0v) is 3.98. The Bertz CT molecular complexity index is 149. The molecule has 1 rings (SSSR count). The first-order chi connectivity index (χ1) is 3.80. The predicted molar refractivity (Wildman–Crippen MR) is 26.3 cm³/mol. The Balaban J connectivity index is 2.62. The van der Waals surface area contributed by atoms with Crippen LogP contribution in [0.1, 0.15) is 0 Å². The molecule has 0 spiro atoms. The summed E-state index contributed by atoms with van der Waals surface area (Å²) >= 11 is 0. The summed E-state index contributed by atoms with van der Waals surface area (Å²) < 4.78 is 0. The summed E-state index contributed by atoms with van der Waals surface area (Å²) in [6.45, 7) is 0. The minimum Gasteiger partial charge on any atom is -0.366 e. The smallest absolute Gasteiger partial charge is 0.266 e. The molecule has 0 fully saturated rings. The molecule has 0 bridgehead atoms.